The van der Waals surface area contributed by atoms with E-state index in [1.54, 1.807) is 11.3 Å². The van der Waals surface area contributed by atoms with Gasteiger partial charge in [-0.2, -0.15) is 0 Å². The minimum Gasteiger partial charge on any atom is -0.507 e. The minimum atomic E-state index is -0.294. The molecule has 1 aliphatic heterocycles. The first-order valence-corrected chi connectivity index (χ1v) is 11.4. The number of carbonyl (C=O) groups is 1. The topological polar surface area (TPSA) is 61.4 Å². The van der Waals surface area contributed by atoms with Gasteiger partial charge in [0, 0.05) is 4.88 Å². The van der Waals surface area contributed by atoms with Crippen molar-refractivity contribution in [2.75, 3.05) is 5.32 Å². The molecule has 0 bridgehead atoms. The van der Waals surface area contributed by atoms with Crippen LogP contribution in [0, 0.1) is 0 Å². The van der Waals surface area contributed by atoms with E-state index in [1.165, 1.54) is 16.9 Å². The Balaban J connectivity index is 1.79. The van der Waals surface area contributed by atoms with E-state index in [4.69, 9.17) is 0 Å². The van der Waals surface area contributed by atoms with Crippen molar-refractivity contribution in [3.63, 3.8) is 0 Å². The quantitative estimate of drug-likeness (QED) is 0.556. The molecule has 29 heavy (non-hydrogen) atoms. The maximum atomic E-state index is 13.0. The van der Waals surface area contributed by atoms with Crippen molar-refractivity contribution in [1.82, 2.24) is 5.32 Å². The van der Waals surface area contributed by atoms with Crippen LogP contribution in [-0.4, -0.2) is 11.0 Å². The number of aryl methyl sites for hydroxylation is 1. The molecule has 1 aliphatic carbocycles. The number of hydrogen-bond acceptors (Lipinski definition) is 4. The van der Waals surface area contributed by atoms with E-state index in [9.17, 15) is 9.90 Å². The SMILES string of the molecule is CC(C)(C)c1cc([C@H]2NC(=O)c3c(sc4c3CCCC4)N2)cc(C(C)(C)C)c1O. The van der Waals surface area contributed by atoms with Gasteiger partial charge in [-0.05, 0) is 70.9 Å². The molecule has 0 fully saturated rings. The lowest BCUT2D eigenvalue weighted by Crippen LogP contribution is -2.38. The number of benzene rings is 1. The van der Waals surface area contributed by atoms with Gasteiger partial charge in [0.1, 0.15) is 16.9 Å². The normalized spacial score (nSPS) is 19.2. The molecular weight excluding hydrogens is 380 g/mol. The average Bonchev–Trinajstić information content (AvgIpc) is 2.98. The number of phenolic OH excluding ortho intramolecular Hbond substituents is 1. The Morgan fingerprint density at radius 2 is 1.55 bits per heavy atom. The Morgan fingerprint density at radius 1 is 0.966 bits per heavy atom. The molecule has 0 saturated heterocycles. The number of thiophene rings is 1. The van der Waals surface area contributed by atoms with Gasteiger partial charge in [-0.3, -0.25) is 4.79 Å². The van der Waals surface area contributed by atoms with Gasteiger partial charge in [-0.15, -0.1) is 11.3 Å². The Hall–Kier alpha value is -2.01. The number of hydrogen-bond donors (Lipinski definition) is 3. The smallest absolute Gasteiger partial charge is 0.256 e. The molecule has 4 nitrogen and oxygen atoms in total. The molecule has 1 amide bonds. The first-order valence-electron chi connectivity index (χ1n) is 10.6. The van der Waals surface area contributed by atoms with Crippen molar-refractivity contribution in [2.24, 2.45) is 0 Å². The molecular formula is C24H32N2O2S. The number of phenols is 1. The zero-order chi connectivity index (χ0) is 21.1. The molecule has 0 radical (unpaired) electrons. The summed E-state index contributed by atoms with van der Waals surface area (Å²) in [5.41, 5.74) is 4.50. The second-order valence-corrected chi connectivity index (χ2v) is 11.5. The summed E-state index contributed by atoms with van der Waals surface area (Å²) in [5.74, 6) is 0.383. The summed E-state index contributed by atoms with van der Waals surface area (Å²) in [4.78, 5) is 14.4. The van der Waals surface area contributed by atoms with Gasteiger partial charge in [0.2, 0.25) is 0 Å². The monoisotopic (exact) mass is 412 g/mol. The molecule has 156 valence electrons. The number of rotatable bonds is 1. The summed E-state index contributed by atoms with van der Waals surface area (Å²) >= 11 is 1.74. The second kappa shape index (κ2) is 6.76. The highest BCUT2D eigenvalue weighted by molar-refractivity contribution is 7.16. The standard InChI is InChI=1S/C24H32N2O2S/c1-23(2,3)15-11-13(12-16(19(15)27)24(4,5)6)20-25-21(28)18-14-9-7-8-10-17(14)29-22(18)26-20/h11-12,20,26-27H,7-10H2,1-6H3,(H,25,28)/t20-/m0/s1. The van der Waals surface area contributed by atoms with E-state index < -0.39 is 0 Å². The molecule has 2 aliphatic rings. The Morgan fingerprint density at radius 3 is 2.14 bits per heavy atom. The lowest BCUT2D eigenvalue weighted by Gasteiger charge is -2.32. The van der Waals surface area contributed by atoms with Crippen molar-refractivity contribution in [3.8, 4) is 5.75 Å². The molecule has 1 atom stereocenters. The molecule has 0 unspecified atom stereocenters. The van der Waals surface area contributed by atoms with Gasteiger partial charge < -0.3 is 15.7 Å². The van der Waals surface area contributed by atoms with Gasteiger partial charge in [0.05, 0.1) is 5.56 Å². The van der Waals surface area contributed by atoms with Crippen LogP contribution in [0.25, 0.3) is 0 Å². The van der Waals surface area contributed by atoms with Crippen LogP contribution in [0.1, 0.15) is 98.0 Å². The molecule has 1 aromatic carbocycles. The third-order valence-corrected chi connectivity index (χ3v) is 7.25. The summed E-state index contributed by atoms with van der Waals surface area (Å²) < 4.78 is 0. The molecule has 1 aromatic heterocycles. The Labute approximate surface area is 177 Å². The van der Waals surface area contributed by atoms with Crippen LogP contribution >= 0.6 is 11.3 Å². The Bertz CT molecular complexity index is 941. The number of nitrogens with one attached hydrogen (secondary N) is 2. The molecule has 0 spiro atoms. The zero-order valence-corrected chi connectivity index (χ0v) is 19.1. The largest absolute Gasteiger partial charge is 0.507 e. The lowest BCUT2D eigenvalue weighted by atomic mass is 9.78. The van der Waals surface area contributed by atoms with Crippen molar-refractivity contribution in [1.29, 1.82) is 0 Å². The molecule has 2 heterocycles. The van der Waals surface area contributed by atoms with Crippen molar-refractivity contribution < 1.29 is 9.90 Å². The van der Waals surface area contributed by atoms with E-state index >= 15 is 0 Å². The lowest BCUT2D eigenvalue weighted by molar-refractivity contribution is 0.0935. The van der Waals surface area contributed by atoms with E-state index in [0.29, 0.717) is 5.75 Å². The first kappa shape index (κ1) is 20.3. The fraction of sp³-hybridized carbons (Fsp3) is 0.542. The van der Waals surface area contributed by atoms with Crippen LogP contribution in [0.5, 0.6) is 5.75 Å². The van der Waals surface area contributed by atoms with Crippen molar-refractivity contribution in [3.05, 3.63) is 44.8 Å². The zero-order valence-electron chi connectivity index (χ0n) is 18.3. The first-order chi connectivity index (χ1) is 13.5. The summed E-state index contributed by atoms with van der Waals surface area (Å²) in [6, 6.07) is 4.09. The number of amides is 1. The Kier molecular flexibility index (Phi) is 4.73. The summed E-state index contributed by atoms with van der Waals surface area (Å²) in [5, 5.41) is 18.8. The number of aromatic hydroxyl groups is 1. The van der Waals surface area contributed by atoms with Crippen LogP contribution in [0.2, 0.25) is 0 Å². The van der Waals surface area contributed by atoms with Crippen molar-refractivity contribution >= 4 is 22.2 Å². The highest BCUT2D eigenvalue weighted by Crippen LogP contribution is 2.44. The average molecular weight is 413 g/mol. The molecule has 4 rings (SSSR count). The van der Waals surface area contributed by atoms with Gasteiger partial charge in [0.15, 0.2) is 0 Å². The van der Waals surface area contributed by atoms with E-state index in [2.05, 4.69) is 52.2 Å². The van der Waals surface area contributed by atoms with E-state index in [1.807, 2.05) is 12.1 Å². The molecule has 3 N–H and O–H groups in total. The second-order valence-electron chi connectivity index (χ2n) is 10.4. The third kappa shape index (κ3) is 3.54. The number of anilines is 1. The maximum Gasteiger partial charge on any atom is 0.256 e. The predicted molar refractivity (Wildman–Crippen MR) is 120 cm³/mol. The van der Waals surface area contributed by atoms with E-state index in [-0.39, 0.29) is 22.9 Å². The highest BCUT2D eigenvalue weighted by Gasteiger charge is 2.34. The van der Waals surface area contributed by atoms with Crippen LogP contribution in [-0.2, 0) is 23.7 Å². The van der Waals surface area contributed by atoms with Crippen LogP contribution in [0.3, 0.4) is 0 Å². The van der Waals surface area contributed by atoms with E-state index in [0.717, 1.165) is 46.5 Å². The summed E-state index contributed by atoms with van der Waals surface area (Å²) in [7, 11) is 0. The predicted octanol–water partition coefficient (Wildman–Crippen LogP) is 5.78. The van der Waals surface area contributed by atoms with Crippen molar-refractivity contribution in [2.45, 2.75) is 84.2 Å². The molecule has 0 saturated carbocycles. The van der Waals surface area contributed by atoms with Gasteiger partial charge in [-0.1, -0.05) is 41.5 Å². The van der Waals surface area contributed by atoms with Crippen LogP contribution < -0.4 is 10.6 Å². The summed E-state index contributed by atoms with van der Waals surface area (Å²) in [6.45, 7) is 12.6. The van der Waals surface area contributed by atoms with Gasteiger partial charge >= 0.3 is 0 Å². The number of fused-ring (bicyclic) bond motifs is 3. The maximum absolute atomic E-state index is 13.0. The molecule has 5 heteroatoms. The fourth-order valence-corrected chi connectivity index (χ4v) is 5.73. The highest BCUT2D eigenvalue weighted by atomic mass is 32.1. The molecule has 2 aromatic rings. The fourth-order valence-electron chi connectivity index (χ4n) is 4.41. The van der Waals surface area contributed by atoms with Gasteiger partial charge in [-0.25, -0.2) is 0 Å². The minimum absolute atomic E-state index is 0.0193. The number of carbonyl (C=O) groups excluding carboxylic acids is 1. The summed E-state index contributed by atoms with van der Waals surface area (Å²) in [6.07, 6.45) is 4.16. The van der Waals surface area contributed by atoms with Crippen LogP contribution in [0.4, 0.5) is 5.00 Å². The van der Waals surface area contributed by atoms with Crippen LogP contribution in [0.15, 0.2) is 12.1 Å². The third-order valence-electron chi connectivity index (χ3n) is 6.03. The van der Waals surface area contributed by atoms with Gasteiger partial charge in [0.25, 0.3) is 5.91 Å².